The summed E-state index contributed by atoms with van der Waals surface area (Å²) in [7, 11) is 0. The first kappa shape index (κ1) is 16.3. The summed E-state index contributed by atoms with van der Waals surface area (Å²) in [5.74, 6) is -0.947. The zero-order valence-corrected chi connectivity index (χ0v) is 13.7. The number of benzene rings is 2. The Morgan fingerprint density at radius 2 is 2.08 bits per heavy atom. The van der Waals surface area contributed by atoms with Gasteiger partial charge in [-0.05, 0) is 42.8 Å². The summed E-state index contributed by atoms with van der Waals surface area (Å²) in [4.78, 5) is 14.2. The highest BCUT2D eigenvalue weighted by Gasteiger charge is 2.32. The lowest BCUT2D eigenvalue weighted by Crippen LogP contribution is -2.33. The maximum absolute atomic E-state index is 14.4. The third-order valence-corrected chi connectivity index (χ3v) is 4.44. The Balaban J connectivity index is 1.52. The van der Waals surface area contributed by atoms with Crippen LogP contribution in [0.25, 0.3) is 11.1 Å². The molecule has 1 aliphatic rings. The largest absolute Gasteiger partial charge is 0.374 e. The first-order valence-electron chi connectivity index (χ1n) is 8.24. The van der Waals surface area contributed by atoms with E-state index in [1.54, 1.807) is 35.4 Å². The highest BCUT2D eigenvalue weighted by Crippen LogP contribution is 2.29. The van der Waals surface area contributed by atoms with E-state index in [1.807, 2.05) is 0 Å². The minimum absolute atomic E-state index is 0.162. The molecule has 1 aliphatic heterocycles. The summed E-state index contributed by atoms with van der Waals surface area (Å²) in [6, 6.07) is 10.2. The minimum atomic E-state index is -0.464. The summed E-state index contributed by atoms with van der Waals surface area (Å²) in [6.07, 6.45) is 3.70. The van der Waals surface area contributed by atoms with Gasteiger partial charge in [-0.3, -0.25) is 9.89 Å². The first-order chi connectivity index (χ1) is 12.6. The zero-order valence-electron chi connectivity index (χ0n) is 13.7. The van der Waals surface area contributed by atoms with Gasteiger partial charge in [0.2, 0.25) is 5.91 Å². The van der Waals surface area contributed by atoms with Gasteiger partial charge < -0.3 is 10.2 Å². The smallest absolute Gasteiger partial charge is 0.249 e. The molecule has 0 aliphatic carbocycles. The number of H-pyrrole nitrogens is 1. The van der Waals surface area contributed by atoms with Crippen LogP contribution in [-0.2, 0) is 4.79 Å². The van der Waals surface area contributed by atoms with E-state index in [4.69, 9.17) is 0 Å². The highest BCUT2D eigenvalue weighted by atomic mass is 19.1. The second kappa shape index (κ2) is 6.59. The molecular weight excluding hydrogens is 338 g/mol. The molecule has 132 valence electrons. The second-order valence-corrected chi connectivity index (χ2v) is 6.14. The molecule has 0 saturated carbocycles. The van der Waals surface area contributed by atoms with Gasteiger partial charge in [-0.2, -0.15) is 5.10 Å². The summed E-state index contributed by atoms with van der Waals surface area (Å²) in [6.45, 7) is 0.469. The maximum Gasteiger partial charge on any atom is 0.249 e. The number of amides is 1. The second-order valence-electron chi connectivity index (χ2n) is 6.14. The third kappa shape index (κ3) is 3.03. The number of carbonyl (C=O) groups excluding carboxylic acids is 1. The van der Waals surface area contributed by atoms with Crippen molar-refractivity contribution in [2.75, 3.05) is 16.8 Å². The van der Waals surface area contributed by atoms with Gasteiger partial charge in [-0.25, -0.2) is 8.78 Å². The van der Waals surface area contributed by atoms with Crippen molar-refractivity contribution < 1.29 is 13.6 Å². The van der Waals surface area contributed by atoms with Gasteiger partial charge in [0.25, 0.3) is 0 Å². The summed E-state index contributed by atoms with van der Waals surface area (Å²) in [5.41, 5.74) is 2.12. The van der Waals surface area contributed by atoms with Crippen molar-refractivity contribution in [1.29, 1.82) is 0 Å². The highest BCUT2D eigenvalue weighted by molar-refractivity contribution is 6.01. The molecule has 1 fully saturated rings. The molecule has 0 radical (unpaired) electrons. The van der Waals surface area contributed by atoms with E-state index in [0.717, 1.165) is 0 Å². The first-order valence-corrected chi connectivity index (χ1v) is 8.24. The van der Waals surface area contributed by atoms with Crippen molar-refractivity contribution in [2.45, 2.75) is 12.5 Å². The number of hydrogen-bond acceptors (Lipinski definition) is 3. The number of nitrogens with zero attached hydrogens (tertiary/aromatic N) is 2. The predicted octanol–water partition coefficient (Wildman–Crippen LogP) is 3.57. The van der Waals surface area contributed by atoms with Crippen LogP contribution < -0.4 is 10.2 Å². The number of aromatic amines is 1. The number of aromatic nitrogens is 2. The van der Waals surface area contributed by atoms with Crippen LogP contribution in [0.1, 0.15) is 6.42 Å². The van der Waals surface area contributed by atoms with Crippen LogP contribution in [0.4, 0.5) is 20.2 Å². The van der Waals surface area contributed by atoms with Crippen LogP contribution in [-0.4, -0.2) is 28.7 Å². The third-order valence-electron chi connectivity index (χ3n) is 4.44. The Labute approximate surface area is 148 Å². The van der Waals surface area contributed by atoms with Crippen LogP contribution in [0, 0.1) is 11.6 Å². The van der Waals surface area contributed by atoms with Crippen LogP contribution in [0.5, 0.6) is 0 Å². The lowest BCUT2D eigenvalue weighted by atomic mass is 10.1. The van der Waals surface area contributed by atoms with Crippen LogP contribution in [0.3, 0.4) is 0 Å². The van der Waals surface area contributed by atoms with Gasteiger partial charge in [0.15, 0.2) is 0 Å². The Kier molecular flexibility index (Phi) is 4.12. The Morgan fingerprint density at radius 3 is 2.81 bits per heavy atom. The molecule has 3 aromatic rings. The van der Waals surface area contributed by atoms with Crippen molar-refractivity contribution in [3.05, 3.63) is 66.5 Å². The lowest BCUT2D eigenvalue weighted by molar-refractivity contribution is -0.117. The number of halogens is 2. The molecule has 2 heterocycles. The standard InChI is InChI=1S/C19H16F2N4O/c20-13-2-1-3-14(8-13)24-18-6-7-25(19(18)26)15-4-5-16(17(21)9-15)12-10-22-23-11-12/h1-5,8-11,18,24H,6-7H2,(H,22,23). The number of rotatable bonds is 4. The molecule has 4 rings (SSSR count). The average molecular weight is 354 g/mol. The maximum atomic E-state index is 14.4. The number of anilines is 2. The molecule has 2 aromatic carbocycles. The van der Waals surface area contributed by atoms with Crippen LogP contribution >= 0.6 is 0 Å². The molecular formula is C19H16F2N4O. The predicted molar refractivity (Wildman–Crippen MR) is 94.8 cm³/mol. The van der Waals surface area contributed by atoms with Crippen molar-refractivity contribution in [1.82, 2.24) is 10.2 Å². The van der Waals surface area contributed by atoms with Crippen LogP contribution in [0.2, 0.25) is 0 Å². The van der Waals surface area contributed by atoms with E-state index in [1.165, 1.54) is 24.4 Å². The summed E-state index contributed by atoms with van der Waals surface area (Å²) >= 11 is 0. The summed E-state index contributed by atoms with van der Waals surface area (Å²) in [5, 5.41) is 9.51. The molecule has 2 N–H and O–H groups in total. The molecule has 1 saturated heterocycles. The van der Waals surface area contributed by atoms with Gasteiger partial charge in [0.05, 0.1) is 6.20 Å². The molecule has 1 aromatic heterocycles. The molecule has 5 nitrogen and oxygen atoms in total. The van der Waals surface area contributed by atoms with Gasteiger partial charge in [0, 0.05) is 35.2 Å². The van der Waals surface area contributed by atoms with E-state index in [2.05, 4.69) is 15.5 Å². The van der Waals surface area contributed by atoms with E-state index in [9.17, 15) is 13.6 Å². The number of nitrogens with one attached hydrogen (secondary N) is 2. The van der Waals surface area contributed by atoms with Crippen molar-refractivity contribution >= 4 is 17.3 Å². The SMILES string of the molecule is O=C1C(Nc2cccc(F)c2)CCN1c1ccc(-c2cn[nH]c2)c(F)c1. The molecule has 0 bridgehead atoms. The number of hydrogen-bond donors (Lipinski definition) is 2. The molecule has 1 unspecified atom stereocenters. The zero-order chi connectivity index (χ0) is 18.1. The monoisotopic (exact) mass is 354 g/mol. The fraction of sp³-hybridized carbons (Fsp3) is 0.158. The topological polar surface area (TPSA) is 61.0 Å². The molecule has 0 spiro atoms. The quantitative estimate of drug-likeness (QED) is 0.753. The molecule has 1 amide bonds. The van der Waals surface area contributed by atoms with Crippen molar-refractivity contribution in [2.24, 2.45) is 0 Å². The normalized spacial score (nSPS) is 16.9. The average Bonchev–Trinajstić information content (AvgIpc) is 3.26. The Bertz CT molecular complexity index is 942. The van der Waals surface area contributed by atoms with Gasteiger partial charge in [-0.15, -0.1) is 0 Å². The van der Waals surface area contributed by atoms with E-state index in [0.29, 0.717) is 35.5 Å². The van der Waals surface area contributed by atoms with Gasteiger partial charge in [0.1, 0.15) is 17.7 Å². The molecule has 1 atom stereocenters. The van der Waals surface area contributed by atoms with Gasteiger partial charge >= 0.3 is 0 Å². The van der Waals surface area contributed by atoms with E-state index < -0.39 is 11.9 Å². The lowest BCUT2D eigenvalue weighted by Gasteiger charge is -2.18. The van der Waals surface area contributed by atoms with E-state index in [-0.39, 0.29) is 11.7 Å². The van der Waals surface area contributed by atoms with Crippen LogP contribution in [0.15, 0.2) is 54.9 Å². The molecule has 26 heavy (non-hydrogen) atoms. The fourth-order valence-corrected chi connectivity index (χ4v) is 3.15. The van der Waals surface area contributed by atoms with Crippen molar-refractivity contribution in [3.8, 4) is 11.1 Å². The minimum Gasteiger partial charge on any atom is -0.374 e. The summed E-state index contributed by atoms with van der Waals surface area (Å²) < 4.78 is 27.7. The Hall–Kier alpha value is -3.22. The van der Waals surface area contributed by atoms with E-state index >= 15 is 0 Å². The Morgan fingerprint density at radius 1 is 1.19 bits per heavy atom. The molecule has 7 heteroatoms. The number of carbonyl (C=O) groups is 1. The van der Waals surface area contributed by atoms with Gasteiger partial charge in [-0.1, -0.05) is 6.07 Å². The fourth-order valence-electron chi connectivity index (χ4n) is 3.15. The van der Waals surface area contributed by atoms with Crippen molar-refractivity contribution in [3.63, 3.8) is 0 Å².